The monoisotopic (exact) mass is 315 g/mol. The van der Waals surface area contributed by atoms with Gasteiger partial charge in [0.2, 0.25) is 5.89 Å². The molecule has 2 aromatic rings. The van der Waals surface area contributed by atoms with Crippen molar-refractivity contribution in [3.05, 3.63) is 46.3 Å². The van der Waals surface area contributed by atoms with Gasteiger partial charge in [0, 0.05) is 11.4 Å². The highest BCUT2D eigenvalue weighted by molar-refractivity contribution is 7.98. The van der Waals surface area contributed by atoms with Gasteiger partial charge in [0.15, 0.2) is 5.82 Å². The van der Waals surface area contributed by atoms with Crippen molar-refractivity contribution in [2.45, 2.75) is 18.9 Å². The maximum atomic E-state index is 13.0. The van der Waals surface area contributed by atoms with Crippen molar-refractivity contribution < 1.29 is 8.91 Å². The number of aromatic nitrogens is 2. The summed E-state index contributed by atoms with van der Waals surface area (Å²) in [6, 6.07) is 3.97. The summed E-state index contributed by atoms with van der Waals surface area (Å²) >= 11 is 7.68. The third-order valence-corrected chi connectivity index (χ3v) is 3.79. The molecule has 1 aromatic heterocycles. The van der Waals surface area contributed by atoms with Crippen LogP contribution < -0.4 is 5.73 Å². The van der Waals surface area contributed by atoms with Gasteiger partial charge in [-0.25, -0.2) is 4.39 Å². The first kappa shape index (κ1) is 15.3. The summed E-state index contributed by atoms with van der Waals surface area (Å²) < 4.78 is 18.1. The van der Waals surface area contributed by atoms with Crippen molar-refractivity contribution in [3.63, 3.8) is 0 Å². The third-order valence-electron chi connectivity index (χ3n) is 2.80. The van der Waals surface area contributed by atoms with E-state index in [4.69, 9.17) is 21.9 Å². The van der Waals surface area contributed by atoms with E-state index in [-0.39, 0.29) is 11.9 Å². The van der Waals surface area contributed by atoms with Crippen molar-refractivity contribution in [2.24, 2.45) is 5.73 Å². The zero-order valence-electron chi connectivity index (χ0n) is 11.0. The average Bonchev–Trinajstić information content (AvgIpc) is 2.88. The number of nitrogens with zero attached hydrogens (tertiary/aromatic N) is 2. The van der Waals surface area contributed by atoms with Gasteiger partial charge in [-0.3, -0.25) is 0 Å². The van der Waals surface area contributed by atoms with Crippen molar-refractivity contribution in [1.82, 2.24) is 10.1 Å². The highest BCUT2D eigenvalue weighted by Gasteiger charge is 2.15. The Morgan fingerprint density at radius 1 is 1.50 bits per heavy atom. The van der Waals surface area contributed by atoms with Crippen LogP contribution in [0.5, 0.6) is 0 Å². The molecule has 108 valence electrons. The first-order valence-corrected chi connectivity index (χ1v) is 7.88. The van der Waals surface area contributed by atoms with Gasteiger partial charge in [-0.05, 0) is 36.1 Å². The maximum absolute atomic E-state index is 13.0. The summed E-state index contributed by atoms with van der Waals surface area (Å²) in [4.78, 5) is 4.26. The number of hydrogen-bond acceptors (Lipinski definition) is 5. The predicted molar refractivity (Wildman–Crippen MR) is 78.4 cm³/mol. The summed E-state index contributed by atoms with van der Waals surface area (Å²) in [5.74, 6) is 1.48. The van der Waals surface area contributed by atoms with Crippen LogP contribution in [0.4, 0.5) is 4.39 Å². The summed E-state index contributed by atoms with van der Waals surface area (Å²) in [6.45, 7) is 0. The lowest BCUT2D eigenvalue weighted by Crippen LogP contribution is -2.11. The van der Waals surface area contributed by atoms with Gasteiger partial charge in [-0.15, -0.1) is 0 Å². The van der Waals surface area contributed by atoms with Gasteiger partial charge in [-0.1, -0.05) is 22.8 Å². The fourth-order valence-corrected chi connectivity index (χ4v) is 2.42. The summed E-state index contributed by atoms with van der Waals surface area (Å²) in [7, 11) is 0. The molecule has 7 heteroatoms. The number of rotatable bonds is 6. The molecule has 0 aliphatic heterocycles. The minimum Gasteiger partial charge on any atom is -0.338 e. The normalized spacial score (nSPS) is 12.6. The molecule has 0 radical (unpaired) electrons. The molecule has 0 unspecified atom stereocenters. The Labute approximate surface area is 125 Å². The van der Waals surface area contributed by atoms with Gasteiger partial charge in [0.05, 0.1) is 6.04 Å². The predicted octanol–water partition coefficient (Wildman–Crippen LogP) is 3.21. The fraction of sp³-hybridized carbons (Fsp3) is 0.385. The minimum atomic E-state index is -0.369. The largest absolute Gasteiger partial charge is 0.338 e. The van der Waals surface area contributed by atoms with Crippen LogP contribution in [0.15, 0.2) is 22.7 Å². The first-order valence-electron chi connectivity index (χ1n) is 6.11. The lowest BCUT2D eigenvalue weighted by Gasteiger charge is -2.03. The molecular formula is C13H15ClFN3OS. The van der Waals surface area contributed by atoms with E-state index in [1.807, 2.05) is 6.26 Å². The van der Waals surface area contributed by atoms with Crippen molar-refractivity contribution in [1.29, 1.82) is 0 Å². The molecule has 1 aromatic carbocycles. The molecule has 0 aliphatic rings. The van der Waals surface area contributed by atoms with Crippen molar-refractivity contribution >= 4 is 23.4 Å². The van der Waals surface area contributed by atoms with E-state index in [9.17, 15) is 4.39 Å². The standard InChI is InChI=1S/C13H15ClFN3OS/c1-20-5-4-11(16)13-17-12(18-19-13)6-8-2-3-9(15)7-10(8)14/h2-3,7,11H,4-6,16H2,1H3/t11-/m0/s1. The van der Waals surface area contributed by atoms with E-state index in [2.05, 4.69) is 10.1 Å². The van der Waals surface area contributed by atoms with Gasteiger partial charge >= 0.3 is 0 Å². The summed E-state index contributed by atoms with van der Waals surface area (Å²) in [5, 5.41) is 4.23. The molecule has 0 spiro atoms. The highest BCUT2D eigenvalue weighted by Crippen LogP contribution is 2.20. The molecule has 20 heavy (non-hydrogen) atoms. The Kier molecular flexibility index (Phi) is 5.39. The molecule has 0 saturated carbocycles. The van der Waals surface area contributed by atoms with Crippen LogP contribution in [0, 0.1) is 5.82 Å². The smallest absolute Gasteiger partial charge is 0.243 e. The lowest BCUT2D eigenvalue weighted by molar-refractivity contribution is 0.349. The Balaban J connectivity index is 2.05. The van der Waals surface area contributed by atoms with Crippen LogP contribution in [0.25, 0.3) is 0 Å². The second-order valence-corrected chi connectivity index (χ2v) is 5.74. The molecule has 1 atom stereocenters. The Hall–Kier alpha value is -1.11. The van der Waals surface area contributed by atoms with E-state index in [0.717, 1.165) is 17.7 Å². The van der Waals surface area contributed by atoms with Gasteiger partial charge < -0.3 is 10.3 Å². The number of benzene rings is 1. The number of thioether (sulfide) groups is 1. The fourth-order valence-electron chi connectivity index (χ4n) is 1.69. The van der Waals surface area contributed by atoms with E-state index >= 15 is 0 Å². The topological polar surface area (TPSA) is 64.9 Å². The van der Waals surface area contributed by atoms with E-state index in [0.29, 0.717) is 23.2 Å². The molecular weight excluding hydrogens is 301 g/mol. The third kappa shape index (κ3) is 3.94. The van der Waals surface area contributed by atoms with Crippen LogP contribution in [-0.4, -0.2) is 22.1 Å². The van der Waals surface area contributed by atoms with Crippen molar-refractivity contribution in [3.8, 4) is 0 Å². The second-order valence-electron chi connectivity index (χ2n) is 4.35. The van der Waals surface area contributed by atoms with Gasteiger partial charge in [0.1, 0.15) is 5.82 Å². The first-order chi connectivity index (χ1) is 9.60. The van der Waals surface area contributed by atoms with E-state index in [1.54, 1.807) is 17.8 Å². The van der Waals surface area contributed by atoms with Crippen LogP contribution in [0.3, 0.4) is 0 Å². The molecule has 4 nitrogen and oxygen atoms in total. The molecule has 2 rings (SSSR count). The number of halogens is 2. The molecule has 1 heterocycles. The lowest BCUT2D eigenvalue weighted by atomic mass is 10.1. The SMILES string of the molecule is CSCC[C@H](N)c1nc(Cc2ccc(F)cc2Cl)no1. The molecule has 0 amide bonds. The second kappa shape index (κ2) is 7.06. The minimum absolute atomic E-state index is 0.257. The highest BCUT2D eigenvalue weighted by atomic mass is 35.5. The van der Waals surface area contributed by atoms with E-state index in [1.165, 1.54) is 12.1 Å². The van der Waals surface area contributed by atoms with Crippen LogP contribution >= 0.6 is 23.4 Å². The number of hydrogen-bond donors (Lipinski definition) is 1. The van der Waals surface area contributed by atoms with Crippen LogP contribution in [0.2, 0.25) is 5.02 Å². The summed E-state index contributed by atoms with van der Waals surface area (Å²) in [5.41, 5.74) is 6.70. The molecule has 0 aliphatic carbocycles. The maximum Gasteiger partial charge on any atom is 0.243 e. The molecule has 0 bridgehead atoms. The molecule has 2 N–H and O–H groups in total. The van der Waals surface area contributed by atoms with Crippen LogP contribution in [-0.2, 0) is 6.42 Å². The van der Waals surface area contributed by atoms with Crippen molar-refractivity contribution in [2.75, 3.05) is 12.0 Å². The Morgan fingerprint density at radius 3 is 3.00 bits per heavy atom. The molecule has 0 fully saturated rings. The Bertz CT molecular complexity index is 578. The average molecular weight is 316 g/mol. The van der Waals surface area contributed by atoms with Gasteiger partial charge in [-0.2, -0.15) is 16.7 Å². The van der Waals surface area contributed by atoms with Gasteiger partial charge in [0.25, 0.3) is 0 Å². The van der Waals surface area contributed by atoms with Crippen LogP contribution in [0.1, 0.15) is 29.7 Å². The zero-order valence-corrected chi connectivity index (χ0v) is 12.5. The van der Waals surface area contributed by atoms with E-state index < -0.39 is 0 Å². The Morgan fingerprint density at radius 2 is 2.30 bits per heavy atom. The zero-order chi connectivity index (χ0) is 14.5. The number of nitrogens with two attached hydrogens (primary N) is 1. The summed E-state index contributed by atoms with van der Waals surface area (Å²) in [6.07, 6.45) is 3.18. The quantitative estimate of drug-likeness (QED) is 0.886. The molecule has 0 saturated heterocycles.